The van der Waals surface area contributed by atoms with Gasteiger partial charge in [-0.2, -0.15) is 5.26 Å². The second-order valence-electron chi connectivity index (χ2n) is 3.92. The van der Waals surface area contributed by atoms with Crippen LogP contribution in [-0.4, -0.2) is 32.8 Å². The van der Waals surface area contributed by atoms with Crippen molar-refractivity contribution < 1.29 is 23.8 Å². The van der Waals surface area contributed by atoms with Gasteiger partial charge in [0.05, 0.1) is 20.3 Å². The van der Waals surface area contributed by atoms with E-state index in [1.54, 1.807) is 30.3 Å². The van der Waals surface area contributed by atoms with E-state index in [1.165, 1.54) is 26.4 Å². The number of carbonyl (C=O) groups is 2. The first-order valence-electron chi connectivity index (χ1n) is 6.28. The zero-order valence-corrected chi connectivity index (χ0v) is 12.2. The number of ether oxygens (including phenoxy) is 3. The van der Waals surface area contributed by atoms with Crippen LogP contribution in [0.4, 0.5) is 0 Å². The molecule has 0 atom stereocenters. The maximum atomic E-state index is 11.6. The van der Waals surface area contributed by atoms with Gasteiger partial charge in [0.25, 0.3) is 0 Å². The standard InChI is InChI=1S/C16H15NO5/c1-20-15(18)13(16(19)21-2)11-12-7-3-4-8-14(12)22-10-6-5-9-17/h3-8,11H,10H2,1-2H3/b6-5+. The van der Waals surface area contributed by atoms with Crippen molar-refractivity contribution in [2.75, 3.05) is 20.8 Å². The minimum Gasteiger partial charge on any atom is -0.489 e. The number of nitrogens with zero attached hydrogens (tertiary/aromatic N) is 1. The number of esters is 2. The van der Waals surface area contributed by atoms with E-state index in [4.69, 9.17) is 10.00 Å². The van der Waals surface area contributed by atoms with Crippen LogP contribution in [0.25, 0.3) is 6.08 Å². The van der Waals surface area contributed by atoms with Crippen LogP contribution in [0.1, 0.15) is 5.56 Å². The van der Waals surface area contributed by atoms with Gasteiger partial charge in [-0.15, -0.1) is 0 Å². The van der Waals surface area contributed by atoms with Crippen LogP contribution < -0.4 is 4.74 Å². The summed E-state index contributed by atoms with van der Waals surface area (Å²) in [4.78, 5) is 23.3. The Balaban J connectivity index is 3.10. The summed E-state index contributed by atoms with van der Waals surface area (Å²) in [5.74, 6) is -1.15. The summed E-state index contributed by atoms with van der Waals surface area (Å²) in [6, 6.07) is 8.68. The number of carbonyl (C=O) groups excluding carboxylic acids is 2. The maximum Gasteiger partial charge on any atom is 0.345 e. The van der Waals surface area contributed by atoms with Crippen molar-refractivity contribution in [1.82, 2.24) is 0 Å². The van der Waals surface area contributed by atoms with Crippen molar-refractivity contribution >= 4 is 18.0 Å². The van der Waals surface area contributed by atoms with Crippen LogP contribution in [-0.2, 0) is 19.1 Å². The topological polar surface area (TPSA) is 85.6 Å². The summed E-state index contributed by atoms with van der Waals surface area (Å²) >= 11 is 0. The molecule has 0 saturated heterocycles. The molecular weight excluding hydrogens is 286 g/mol. The Hall–Kier alpha value is -3.07. The lowest BCUT2D eigenvalue weighted by molar-refractivity contribution is -0.143. The van der Waals surface area contributed by atoms with Crippen LogP contribution in [0.5, 0.6) is 5.75 Å². The quantitative estimate of drug-likeness (QED) is 0.262. The van der Waals surface area contributed by atoms with Crippen molar-refractivity contribution in [1.29, 1.82) is 5.26 Å². The fraction of sp³-hybridized carbons (Fsp3) is 0.188. The van der Waals surface area contributed by atoms with Crippen LogP contribution in [0.15, 0.2) is 42.0 Å². The molecular formula is C16H15NO5. The zero-order valence-electron chi connectivity index (χ0n) is 12.2. The molecule has 1 aromatic carbocycles. The van der Waals surface area contributed by atoms with Gasteiger partial charge in [0, 0.05) is 11.6 Å². The fourth-order valence-electron chi connectivity index (χ4n) is 1.55. The zero-order chi connectivity index (χ0) is 16.4. The van der Waals surface area contributed by atoms with Crippen LogP contribution in [0.3, 0.4) is 0 Å². The van der Waals surface area contributed by atoms with E-state index in [0.29, 0.717) is 11.3 Å². The molecule has 1 aromatic rings. The van der Waals surface area contributed by atoms with Crippen molar-refractivity contribution in [2.24, 2.45) is 0 Å². The van der Waals surface area contributed by atoms with E-state index in [9.17, 15) is 9.59 Å². The van der Waals surface area contributed by atoms with E-state index in [0.717, 1.165) is 0 Å². The van der Waals surface area contributed by atoms with Crippen molar-refractivity contribution in [3.8, 4) is 11.8 Å². The number of rotatable bonds is 6. The number of hydrogen-bond acceptors (Lipinski definition) is 6. The van der Waals surface area contributed by atoms with Gasteiger partial charge in [0.1, 0.15) is 17.9 Å². The molecule has 0 bridgehead atoms. The second-order valence-corrected chi connectivity index (χ2v) is 3.92. The first-order chi connectivity index (χ1) is 10.6. The van der Waals surface area contributed by atoms with Gasteiger partial charge in [0.2, 0.25) is 0 Å². The largest absolute Gasteiger partial charge is 0.489 e. The third-order valence-corrected chi connectivity index (χ3v) is 2.56. The molecule has 0 amide bonds. The Morgan fingerprint density at radius 3 is 2.41 bits per heavy atom. The predicted molar refractivity (Wildman–Crippen MR) is 78.7 cm³/mol. The lowest BCUT2D eigenvalue weighted by Gasteiger charge is -2.08. The molecule has 0 aliphatic rings. The van der Waals surface area contributed by atoms with Gasteiger partial charge in [-0.25, -0.2) is 9.59 Å². The first-order valence-corrected chi connectivity index (χ1v) is 6.28. The molecule has 0 aromatic heterocycles. The SMILES string of the molecule is COC(=O)C(=Cc1ccccc1OC/C=C/C#N)C(=O)OC. The minimum atomic E-state index is -0.800. The molecule has 1 rings (SSSR count). The Kier molecular flexibility index (Phi) is 6.93. The van der Waals surface area contributed by atoms with Crippen molar-refractivity contribution in [2.45, 2.75) is 0 Å². The number of allylic oxidation sites excluding steroid dienone is 1. The number of methoxy groups -OCH3 is 2. The van der Waals surface area contributed by atoms with Gasteiger partial charge in [-0.05, 0) is 18.2 Å². The monoisotopic (exact) mass is 301 g/mol. The summed E-state index contributed by atoms with van der Waals surface area (Å²) in [5, 5.41) is 8.41. The van der Waals surface area contributed by atoms with Crippen molar-refractivity contribution in [3.63, 3.8) is 0 Å². The van der Waals surface area contributed by atoms with Gasteiger partial charge in [0.15, 0.2) is 0 Å². The summed E-state index contributed by atoms with van der Waals surface area (Å²) in [7, 11) is 2.35. The molecule has 0 aliphatic heterocycles. The summed E-state index contributed by atoms with van der Waals surface area (Å²) in [5.41, 5.74) is 0.271. The van der Waals surface area contributed by atoms with E-state index >= 15 is 0 Å². The fourth-order valence-corrected chi connectivity index (χ4v) is 1.55. The van der Waals surface area contributed by atoms with Gasteiger partial charge >= 0.3 is 11.9 Å². The maximum absolute atomic E-state index is 11.6. The Labute approximate surface area is 128 Å². The summed E-state index contributed by atoms with van der Waals surface area (Å²) in [6.45, 7) is 0.185. The van der Waals surface area contributed by atoms with Gasteiger partial charge in [-0.3, -0.25) is 0 Å². The highest BCUT2D eigenvalue weighted by molar-refractivity contribution is 6.17. The second kappa shape index (κ2) is 8.97. The first kappa shape index (κ1) is 17.0. The van der Waals surface area contributed by atoms with Crippen LogP contribution in [0, 0.1) is 11.3 Å². The smallest absolute Gasteiger partial charge is 0.345 e. The number of nitriles is 1. The molecule has 0 fully saturated rings. The molecule has 6 heteroatoms. The average Bonchev–Trinajstić information content (AvgIpc) is 2.56. The Morgan fingerprint density at radius 1 is 1.18 bits per heavy atom. The molecule has 0 radical (unpaired) electrons. The van der Waals surface area contributed by atoms with E-state index in [1.807, 2.05) is 6.07 Å². The Morgan fingerprint density at radius 2 is 1.82 bits per heavy atom. The number of benzene rings is 1. The highest BCUT2D eigenvalue weighted by Crippen LogP contribution is 2.21. The molecule has 0 aliphatic carbocycles. The third-order valence-electron chi connectivity index (χ3n) is 2.56. The van der Waals surface area contributed by atoms with Crippen LogP contribution >= 0.6 is 0 Å². The van der Waals surface area contributed by atoms with Crippen molar-refractivity contribution in [3.05, 3.63) is 47.6 Å². The predicted octanol–water partition coefficient (Wildman–Crippen LogP) is 1.87. The molecule has 0 N–H and O–H groups in total. The molecule has 0 unspecified atom stereocenters. The van der Waals surface area contributed by atoms with Gasteiger partial charge in [-0.1, -0.05) is 18.2 Å². The van der Waals surface area contributed by atoms with E-state index < -0.39 is 11.9 Å². The molecule has 0 heterocycles. The molecule has 0 saturated carbocycles. The average molecular weight is 301 g/mol. The lowest BCUT2D eigenvalue weighted by atomic mass is 10.1. The van der Waals surface area contributed by atoms with Gasteiger partial charge < -0.3 is 14.2 Å². The normalized spacial score (nSPS) is 9.68. The highest BCUT2D eigenvalue weighted by Gasteiger charge is 2.20. The number of para-hydroxylation sites is 1. The Bertz CT molecular complexity index is 622. The molecule has 0 spiro atoms. The molecule has 6 nitrogen and oxygen atoms in total. The molecule has 22 heavy (non-hydrogen) atoms. The third kappa shape index (κ3) is 4.80. The summed E-state index contributed by atoms with van der Waals surface area (Å²) in [6.07, 6.45) is 4.18. The summed E-state index contributed by atoms with van der Waals surface area (Å²) < 4.78 is 14.6. The van der Waals surface area contributed by atoms with E-state index in [2.05, 4.69) is 9.47 Å². The number of hydrogen-bond donors (Lipinski definition) is 0. The minimum absolute atomic E-state index is 0.185. The van der Waals surface area contributed by atoms with E-state index in [-0.39, 0.29) is 12.2 Å². The van der Waals surface area contributed by atoms with Crippen LogP contribution in [0.2, 0.25) is 0 Å². The highest BCUT2D eigenvalue weighted by atomic mass is 16.5. The molecule has 114 valence electrons. The lowest BCUT2D eigenvalue weighted by Crippen LogP contribution is -2.15.